The standard InChI is InChI=1S/C24H25N3O4S/c1-5-12-27(18(4)14-23(28)29)24-20-9-7-6-8-19(20)21(15-25-24)26-32(30,31)22-11-10-16(2)13-17(22)3/h1,6-11,13,15,18,26H,12,14H2,2-4H3,(H,28,29)/t18-/m0/s1. The molecule has 32 heavy (non-hydrogen) atoms. The van der Waals surface area contributed by atoms with Gasteiger partial charge in [0, 0.05) is 16.8 Å². The minimum atomic E-state index is -3.84. The number of nitrogens with zero attached hydrogens (tertiary/aromatic N) is 2. The van der Waals surface area contributed by atoms with E-state index >= 15 is 0 Å². The van der Waals surface area contributed by atoms with Crippen LogP contribution in [-0.4, -0.2) is 37.1 Å². The monoisotopic (exact) mass is 451 g/mol. The smallest absolute Gasteiger partial charge is 0.305 e. The predicted octanol–water partition coefficient (Wildman–Crippen LogP) is 3.96. The molecule has 1 aromatic heterocycles. The topological polar surface area (TPSA) is 99.6 Å². The second-order valence-corrected chi connectivity index (χ2v) is 9.35. The summed E-state index contributed by atoms with van der Waals surface area (Å²) in [5.74, 6) is 2.11. The molecule has 3 rings (SSSR count). The maximum atomic E-state index is 13.1. The minimum Gasteiger partial charge on any atom is -0.481 e. The summed E-state index contributed by atoms with van der Waals surface area (Å²) in [5, 5.41) is 10.5. The number of hydrogen-bond donors (Lipinski definition) is 2. The van der Waals surface area contributed by atoms with E-state index in [9.17, 15) is 18.3 Å². The van der Waals surface area contributed by atoms with Crippen LogP contribution in [0, 0.1) is 26.2 Å². The molecule has 0 aliphatic rings. The van der Waals surface area contributed by atoms with Crippen molar-refractivity contribution in [3.05, 3.63) is 59.8 Å². The molecule has 1 atom stereocenters. The summed E-state index contributed by atoms with van der Waals surface area (Å²) in [5.41, 5.74) is 1.95. The second kappa shape index (κ2) is 9.28. The summed E-state index contributed by atoms with van der Waals surface area (Å²) in [4.78, 5) is 17.6. The number of pyridine rings is 1. The Kier molecular flexibility index (Phi) is 6.70. The zero-order chi connectivity index (χ0) is 23.5. The number of aliphatic carboxylic acids is 1. The number of terminal acetylenes is 1. The zero-order valence-electron chi connectivity index (χ0n) is 18.2. The summed E-state index contributed by atoms with van der Waals surface area (Å²) in [6, 6.07) is 12.0. The van der Waals surface area contributed by atoms with Crippen molar-refractivity contribution in [2.45, 2.75) is 38.1 Å². The van der Waals surface area contributed by atoms with E-state index in [4.69, 9.17) is 6.42 Å². The Hall–Kier alpha value is -3.57. The van der Waals surface area contributed by atoms with Crippen LogP contribution in [0.15, 0.2) is 53.6 Å². The number of carbonyl (C=O) groups is 1. The molecule has 0 spiro atoms. The average molecular weight is 452 g/mol. The lowest BCUT2D eigenvalue weighted by Crippen LogP contribution is -2.36. The first-order chi connectivity index (χ1) is 15.1. The predicted molar refractivity (Wildman–Crippen MR) is 126 cm³/mol. The van der Waals surface area contributed by atoms with Crippen LogP contribution in [0.1, 0.15) is 24.5 Å². The van der Waals surface area contributed by atoms with Crippen LogP contribution in [0.5, 0.6) is 0 Å². The van der Waals surface area contributed by atoms with Crippen molar-refractivity contribution in [2.24, 2.45) is 0 Å². The number of fused-ring (bicyclic) bond motifs is 1. The van der Waals surface area contributed by atoms with Gasteiger partial charge in [-0.25, -0.2) is 13.4 Å². The van der Waals surface area contributed by atoms with E-state index in [-0.39, 0.29) is 17.9 Å². The van der Waals surface area contributed by atoms with E-state index < -0.39 is 22.0 Å². The molecule has 2 aromatic carbocycles. The molecule has 3 aromatic rings. The van der Waals surface area contributed by atoms with Crippen LogP contribution in [0.25, 0.3) is 10.8 Å². The fourth-order valence-electron chi connectivity index (χ4n) is 3.69. The van der Waals surface area contributed by atoms with E-state index in [2.05, 4.69) is 15.6 Å². The third kappa shape index (κ3) is 4.84. The molecule has 0 fully saturated rings. The molecule has 0 aliphatic heterocycles. The number of aryl methyl sites for hydroxylation is 2. The SMILES string of the molecule is C#CCN(c1ncc(NS(=O)(=O)c2ccc(C)cc2C)c2ccccc12)[C@@H](C)CC(=O)O. The maximum Gasteiger partial charge on any atom is 0.305 e. The first kappa shape index (κ1) is 23.1. The van der Waals surface area contributed by atoms with Crippen LogP contribution < -0.4 is 9.62 Å². The Labute approximate surface area is 188 Å². The molecular weight excluding hydrogens is 426 g/mol. The lowest BCUT2D eigenvalue weighted by Gasteiger charge is -2.29. The number of sulfonamides is 1. The lowest BCUT2D eigenvalue weighted by molar-refractivity contribution is -0.137. The van der Waals surface area contributed by atoms with E-state index in [0.29, 0.717) is 27.8 Å². The van der Waals surface area contributed by atoms with Crippen molar-refractivity contribution in [2.75, 3.05) is 16.2 Å². The van der Waals surface area contributed by atoms with Crippen molar-refractivity contribution < 1.29 is 18.3 Å². The second-order valence-electron chi connectivity index (χ2n) is 7.69. The highest BCUT2D eigenvalue weighted by molar-refractivity contribution is 7.92. The number of nitrogens with one attached hydrogen (secondary N) is 1. The van der Waals surface area contributed by atoms with Crippen molar-refractivity contribution in [3.8, 4) is 12.3 Å². The van der Waals surface area contributed by atoms with E-state index in [0.717, 1.165) is 5.56 Å². The van der Waals surface area contributed by atoms with Gasteiger partial charge in [-0.1, -0.05) is 47.9 Å². The van der Waals surface area contributed by atoms with Gasteiger partial charge in [-0.05, 0) is 32.4 Å². The number of benzene rings is 2. The Morgan fingerprint density at radius 1 is 1.22 bits per heavy atom. The largest absolute Gasteiger partial charge is 0.481 e. The molecule has 1 heterocycles. The van der Waals surface area contributed by atoms with Crippen molar-refractivity contribution in [3.63, 3.8) is 0 Å². The van der Waals surface area contributed by atoms with Gasteiger partial charge >= 0.3 is 5.97 Å². The van der Waals surface area contributed by atoms with Crippen LogP contribution in [-0.2, 0) is 14.8 Å². The molecule has 0 radical (unpaired) electrons. The average Bonchev–Trinajstić information content (AvgIpc) is 2.71. The highest BCUT2D eigenvalue weighted by Crippen LogP contribution is 2.33. The normalized spacial score (nSPS) is 12.2. The van der Waals surface area contributed by atoms with Gasteiger partial charge in [-0.2, -0.15) is 0 Å². The van der Waals surface area contributed by atoms with Crippen molar-refractivity contribution in [1.82, 2.24) is 4.98 Å². The number of rotatable bonds is 8. The van der Waals surface area contributed by atoms with Gasteiger partial charge < -0.3 is 10.0 Å². The molecular formula is C24H25N3O4S. The molecule has 0 unspecified atom stereocenters. The lowest BCUT2D eigenvalue weighted by atomic mass is 10.1. The van der Waals surface area contributed by atoms with Crippen molar-refractivity contribution >= 4 is 38.3 Å². The number of carboxylic acids is 1. The number of hydrogen-bond acceptors (Lipinski definition) is 5. The fraction of sp³-hybridized carbons (Fsp3) is 0.250. The van der Waals surface area contributed by atoms with Crippen LogP contribution in [0.2, 0.25) is 0 Å². The van der Waals surface area contributed by atoms with Gasteiger partial charge in [0.1, 0.15) is 5.82 Å². The molecule has 0 bridgehead atoms. The van der Waals surface area contributed by atoms with E-state index in [1.54, 1.807) is 43.0 Å². The molecule has 0 saturated carbocycles. The van der Waals surface area contributed by atoms with Gasteiger partial charge in [-0.15, -0.1) is 6.42 Å². The Morgan fingerprint density at radius 3 is 2.53 bits per heavy atom. The van der Waals surface area contributed by atoms with Gasteiger partial charge in [0.05, 0.1) is 29.7 Å². The fourth-order valence-corrected chi connectivity index (χ4v) is 4.98. The molecule has 0 amide bonds. The van der Waals surface area contributed by atoms with Crippen LogP contribution in [0.3, 0.4) is 0 Å². The summed E-state index contributed by atoms with van der Waals surface area (Å²) in [6.07, 6.45) is 6.85. The Morgan fingerprint density at radius 2 is 1.91 bits per heavy atom. The quantitative estimate of drug-likeness (QED) is 0.503. The summed E-state index contributed by atoms with van der Waals surface area (Å²) in [6.45, 7) is 5.58. The van der Waals surface area contributed by atoms with Crippen molar-refractivity contribution in [1.29, 1.82) is 0 Å². The van der Waals surface area contributed by atoms with Gasteiger partial charge in [0.15, 0.2) is 0 Å². The molecule has 7 nitrogen and oxygen atoms in total. The number of aromatic nitrogens is 1. The first-order valence-electron chi connectivity index (χ1n) is 10.0. The third-order valence-electron chi connectivity index (χ3n) is 5.17. The first-order valence-corrected chi connectivity index (χ1v) is 11.5. The molecule has 2 N–H and O–H groups in total. The molecule has 0 saturated heterocycles. The maximum absolute atomic E-state index is 13.1. The van der Waals surface area contributed by atoms with Crippen LogP contribution >= 0.6 is 0 Å². The van der Waals surface area contributed by atoms with Gasteiger partial charge in [0.25, 0.3) is 10.0 Å². The highest BCUT2D eigenvalue weighted by atomic mass is 32.2. The third-order valence-corrected chi connectivity index (χ3v) is 6.70. The van der Waals surface area contributed by atoms with Crippen LogP contribution in [0.4, 0.5) is 11.5 Å². The Balaban J connectivity index is 2.08. The minimum absolute atomic E-state index is 0.112. The summed E-state index contributed by atoms with van der Waals surface area (Å²) in [7, 11) is -3.84. The summed E-state index contributed by atoms with van der Waals surface area (Å²) >= 11 is 0. The number of carboxylic acid groups (broad SMARTS) is 1. The molecule has 166 valence electrons. The summed E-state index contributed by atoms with van der Waals surface area (Å²) < 4.78 is 28.8. The van der Waals surface area contributed by atoms with Gasteiger partial charge in [0.2, 0.25) is 0 Å². The Bertz CT molecular complexity index is 1310. The highest BCUT2D eigenvalue weighted by Gasteiger charge is 2.23. The molecule has 0 aliphatic carbocycles. The van der Waals surface area contributed by atoms with E-state index in [1.807, 2.05) is 25.1 Å². The molecule has 8 heteroatoms. The van der Waals surface area contributed by atoms with Gasteiger partial charge in [-0.3, -0.25) is 9.52 Å². The number of anilines is 2. The zero-order valence-corrected chi connectivity index (χ0v) is 19.0. The van der Waals surface area contributed by atoms with E-state index in [1.165, 1.54) is 6.20 Å².